The van der Waals surface area contributed by atoms with Crippen molar-refractivity contribution in [3.63, 3.8) is 0 Å². The molecule has 1 aromatic heterocycles. The number of hydrogen-bond acceptors (Lipinski definition) is 3. The summed E-state index contributed by atoms with van der Waals surface area (Å²) in [7, 11) is 0. The van der Waals surface area contributed by atoms with Crippen LogP contribution in [0, 0.1) is 17.0 Å². The molecule has 3 rings (SSSR count). The molecule has 0 aliphatic heterocycles. The number of hydrogen-bond donors (Lipinski definition) is 0. The summed E-state index contributed by atoms with van der Waals surface area (Å²) >= 11 is 0. The first-order chi connectivity index (χ1) is 8.68. The van der Waals surface area contributed by atoms with Crippen LogP contribution in [0.4, 0.5) is 5.69 Å². The van der Waals surface area contributed by atoms with Crippen molar-refractivity contribution in [3.05, 3.63) is 58.3 Å². The number of rotatable bonds is 1. The fraction of sp³-hybridized carbons (Fsp3) is 0.0714. The van der Waals surface area contributed by atoms with Crippen LogP contribution in [0.5, 0.6) is 0 Å². The SMILES string of the molecule is Cc1c([N+](=O)[O-])ccc2ncc3ccccc3c12. The first kappa shape index (κ1) is 10.7. The van der Waals surface area contributed by atoms with E-state index in [4.69, 9.17) is 0 Å². The minimum Gasteiger partial charge on any atom is -0.258 e. The Bertz CT molecular complexity index is 781. The molecule has 0 N–H and O–H groups in total. The molecule has 0 radical (unpaired) electrons. The number of fused-ring (bicyclic) bond motifs is 3. The molecule has 0 saturated heterocycles. The quantitative estimate of drug-likeness (QED) is 0.369. The summed E-state index contributed by atoms with van der Waals surface area (Å²) in [6.07, 6.45) is 1.79. The Labute approximate surface area is 103 Å². The van der Waals surface area contributed by atoms with Crippen molar-refractivity contribution < 1.29 is 4.92 Å². The number of nitro benzene ring substituents is 1. The second-order valence-electron chi connectivity index (χ2n) is 4.21. The van der Waals surface area contributed by atoms with Crippen molar-refractivity contribution in [3.8, 4) is 0 Å². The molecule has 0 fully saturated rings. The van der Waals surface area contributed by atoms with E-state index in [1.807, 2.05) is 24.3 Å². The lowest BCUT2D eigenvalue weighted by Gasteiger charge is -2.06. The highest BCUT2D eigenvalue weighted by Gasteiger charge is 2.15. The van der Waals surface area contributed by atoms with Gasteiger partial charge < -0.3 is 0 Å². The largest absolute Gasteiger partial charge is 0.273 e. The molecule has 18 heavy (non-hydrogen) atoms. The normalized spacial score (nSPS) is 10.9. The molecule has 2 aromatic carbocycles. The zero-order chi connectivity index (χ0) is 12.7. The van der Waals surface area contributed by atoms with Crippen LogP contribution in [-0.2, 0) is 0 Å². The third-order valence-electron chi connectivity index (χ3n) is 3.18. The standard InChI is InChI=1S/C14H10N2O2/c1-9-13(16(17)18)7-6-12-14(9)11-5-3-2-4-10(11)8-15-12/h2-8H,1H3. The maximum Gasteiger partial charge on any atom is 0.273 e. The Morgan fingerprint density at radius 1 is 1.17 bits per heavy atom. The molecule has 1 heterocycles. The van der Waals surface area contributed by atoms with Crippen LogP contribution in [0.1, 0.15) is 5.56 Å². The molecule has 0 saturated carbocycles. The van der Waals surface area contributed by atoms with E-state index >= 15 is 0 Å². The van der Waals surface area contributed by atoms with E-state index in [2.05, 4.69) is 4.98 Å². The zero-order valence-corrected chi connectivity index (χ0v) is 9.75. The summed E-state index contributed by atoms with van der Waals surface area (Å²) < 4.78 is 0. The minimum absolute atomic E-state index is 0.139. The number of aromatic nitrogens is 1. The van der Waals surface area contributed by atoms with Crippen LogP contribution in [0.2, 0.25) is 0 Å². The van der Waals surface area contributed by atoms with Gasteiger partial charge in [0.2, 0.25) is 0 Å². The van der Waals surface area contributed by atoms with Gasteiger partial charge in [-0.25, -0.2) is 0 Å². The lowest BCUT2D eigenvalue weighted by Crippen LogP contribution is -1.93. The van der Waals surface area contributed by atoms with Gasteiger partial charge in [0.15, 0.2) is 0 Å². The Kier molecular flexibility index (Phi) is 2.23. The predicted octanol–water partition coefficient (Wildman–Crippen LogP) is 3.60. The Balaban J connectivity index is 2.55. The molecule has 4 heteroatoms. The molecule has 0 bridgehead atoms. The number of benzene rings is 2. The van der Waals surface area contributed by atoms with Crippen LogP contribution in [-0.4, -0.2) is 9.91 Å². The Hall–Kier alpha value is -2.49. The van der Waals surface area contributed by atoms with Crippen LogP contribution >= 0.6 is 0 Å². The second-order valence-corrected chi connectivity index (χ2v) is 4.21. The monoisotopic (exact) mass is 238 g/mol. The number of aryl methyl sites for hydroxylation is 1. The predicted molar refractivity (Wildman–Crippen MR) is 70.6 cm³/mol. The second kappa shape index (κ2) is 3.77. The van der Waals surface area contributed by atoms with Gasteiger partial charge in [0.25, 0.3) is 5.69 Å². The smallest absolute Gasteiger partial charge is 0.258 e. The molecule has 0 atom stereocenters. The van der Waals surface area contributed by atoms with Gasteiger partial charge in [0, 0.05) is 28.6 Å². The molecular weight excluding hydrogens is 228 g/mol. The van der Waals surface area contributed by atoms with Crippen molar-refractivity contribution in [1.82, 2.24) is 4.98 Å². The van der Waals surface area contributed by atoms with E-state index in [1.165, 1.54) is 6.07 Å². The third kappa shape index (κ3) is 1.43. The molecule has 88 valence electrons. The average Bonchev–Trinajstić information content (AvgIpc) is 2.38. The number of pyridine rings is 1. The maximum absolute atomic E-state index is 11.0. The van der Waals surface area contributed by atoms with Gasteiger partial charge >= 0.3 is 0 Å². The van der Waals surface area contributed by atoms with Gasteiger partial charge in [-0.05, 0) is 18.4 Å². The van der Waals surface area contributed by atoms with E-state index in [0.29, 0.717) is 5.56 Å². The van der Waals surface area contributed by atoms with Crippen LogP contribution in [0.3, 0.4) is 0 Å². The summed E-state index contributed by atoms with van der Waals surface area (Å²) in [6.45, 7) is 1.77. The highest BCUT2D eigenvalue weighted by atomic mass is 16.6. The first-order valence-electron chi connectivity index (χ1n) is 5.60. The molecule has 0 amide bonds. The average molecular weight is 238 g/mol. The summed E-state index contributed by atoms with van der Waals surface area (Å²) in [6, 6.07) is 11.0. The summed E-state index contributed by atoms with van der Waals surface area (Å²) in [5.41, 5.74) is 1.60. The van der Waals surface area contributed by atoms with Crippen molar-refractivity contribution in [2.75, 3.05) is 0 Å². The van der Waals surface area contributed by atoms with E-state index in [-0.39, 0.29) is 10.6 Å². The van der Waals surface area contributed by atoms with Gasteiger partial charge in [-0.15, -0.1) is 0 Å². The van der Waals surface area contributed by atoms with Gasteiger partial charge in [-0.2, -0.15) is 0 Å². The topological polar surface area (TPSA) is 56.0 Å². The minimum atomic E-state index is -0.351. The third-order valence-corrected chi connectivity index (χ3v) is 3.18. The molecule has 3 aromatic rings. The molecule has 0 aliphatic carbocycles. The summed E-state index contributed by atoms with van der Waals surface area (Å²) in [4.78, 5) is 15.0. The van der Waals surface area contributed by atoms with Gasteiger partial charge in [-0.1, -0.05) is 24.3 Å². The maximum atomic E-state index is 11.0. The van der Waals surface area contributed by atoms with E-state index in [9.17, 15) is 10.1 Å². The molecular formula is C14H10N2O2. The summed E-state index contributed by atoms with van der Waals surface area (Å²) in [5, 5.41) is 13.8. The highest BCUT2D eigenvalue weighted by molar-refractivity contribution is 6.08. The van der Waals surface area contributed by atoms with Gasteiger partial charge in [0.05, 0.1) is 10.4 Å². The fourth-order valence-corrected chi connectivity index (χ4v) is 2.31. The van der Waals surface area contributed by atoms with Crippen LogP contribution in [0.15, 0.2) is 42.6 Å². The molecule has 0 spiro atoms. The van der Waals surface area contributed by atoms with Crippen LogP contribution in [0.25, 0.3) is 21.7 Å². The van der Waals surface area contributed by atoms with Crippen molar-refractivity contribution in [1.29, 1.82) is 0 Å². The summed E-state index contributed by atoms with van der Waals surface area (Å²) in [5.74, 6) is 0. The Morgan fingerprint density at radius 2 is 1.94 bits per heavy atom. The van der Waals surface area contributed by atoms with Crippen molar-refractivity contribution in [2.45, 2.75) is 6.92 Å². The lowest BCUT2D eigenvalue weighted by atomic mass is 10.0. The van der Waals surface area contributed by atoms with E-state index in [1.54, 1.807) is 19.2 Å². The van der Waals surface area contributed by atoms with Gasteiger partial charge in [-0.3, -0.25) is 15.1 Å². The molecule has 0 unspecified atom stereocenters. The van der Waals surface area contributed by atoms with Crippen molar-refractivity contribution >= 4 is 27.4 Å². The highest BCUT2D eigenvalue weighted by Crippen LogP contribution is 2.31. The molecule has 4 nitrogen and oxygen atoms in total. The Morgan fingerprint density at radius 3 is 2.72 bits per heavy atom. The van der Waals surface area contributed by atoms with Crippen LogP contribution < -0.4 is 0 Å². The van der Waals surface area contributed by atoms with Gasteiger partial charge in [0.1, 0.15) is 0 Å². The zero-order valence-electron chi connectivity index (χ0n) is 9.75. The fourth-order valence-electron chi connectivity index (χ4n) is 2.31. The lowest BCUT2D eigenvalue weighted by molar-refractivity contribution is -0.385. The molecule has 0 aliphatic rings. The first-order valence-corrected chi connectivity index (χ1v) is 5.60. The number of nitrogens with zero attached hydrogens (tertiary/aromatic N) is 2. The van der Waals surface area contributed by atoms with Crippen molar-refractivity contribution in [2.24, 2.45) is 0 Å². The van der Waals surface area contributed by atoms with E-state index < -0.39 is 0 Å². The number of nitro groups is 1. The van der Waals surface area contributed by atoms with E-state index in [0.717, 1.165) is 21.7 Å².